The zero-order chi connectivity index (χ0) is 5.15. The van der Waals surface area contributed by atoms with Crippen LogP contribution in [-0.2, 0) is 43.4 Å². The van der Waals surface area contributed by atoms with Crippen molar-refractivity contribution in [1.82, 2.24) is 0 Å². The number of aliphatic carboxylic acids is 2. The smallest absolute Gasteiger partial charge is 1.00 e. The van der Waals surface area contributed by atoms with Crippen LogP contribution in [0.25, 0.3) is 0 Å². The third-order valence-electron chi connectivity index (χ3n) is 0.183. The molecule has 0 saturated heterocycles. The molecule has 4 nitrogen and oxygen atoms in total. The van der Waals surface area contributed by atoms with E-state index in [0.29, 0.717) is 0 Å². The Morgan fingerprint density at radius 2 is 1.22 bits per heavy atom. The summed E-state index contributed by atoms with van der Waals surface area (Å²) in [4.78, 5) is 18.2. The Bertz CT molecular complexity index is 89.3. The second kappa shape index (κ2) is 11.7. The van der Waals surface area contributed by atoms with E-state index < -0.39 is 11.9 Å². The predicted octanol–water partition coefficient (Wildman–Crippen LogP) is -3.73. The molecule has 2 radical (unpaired) electrons. The molecule has 0 heterocycles. The zero-order valence-electron chi connectivity index (χ0n) is 5.42. The predicted molar refractivity (Wildman–Crippen MR) is 16.4 cm³/mol. The number of carbonyl (C=O) groups is 2. The maximum atomic E-state index is 9.10. The van der Waals surface area contributed by atoms with Crippen molar-refractivity contribution in [1.29, 1.82) is 0 Å². The molecule has 0 unspecified atom stereocenters. The van der Waals surface area contributed by atoms with Crippen LogP contribution in [-0.4, -0.2) is 22.2 Å². The molecule has 0 amide bonds. The molecule has 0 aliphatic rings. The van der Waals surface area contributed by atoms with Crippen molar-refractivity contribution >= 4 is 11.9 Å². The summed E-state index contributed by atoms with van der Waals surface area (Å²) in [6.45, 7) is 0. The van der Waals surface area contributed by atoms with Crippen LogP contribution in [0.4, 0.5) is 0 Å². The van der Waals surface area contributed by atoms with Crippen LogP contribution < -0.4 is 29.6 Å². The summed E-state index contributed by atoms with van der Waals surface area (Å²) in [7, 11) is 0. The fourth-order valence-electron chi connectivity index (χ4n) is 0. The van der Waals surface area contributed by atoms with Crippen molar-refractivity contribution in [3.05, 3.63) is 0 Å². The van der Waals surface area contributed by atoms with E-state index in [-0.39, 0.29) is 64.8 Å². The van der Waals surface area contributed by atoms with Gasteiger partial charge in [0, 0.05) is 33.8 Å². The summed E-state index contributed by atoms with van der Waals surface area (Å²) in [5, 5.41) is 14.8. The van der Waals surface area contributed by atoms with Crippen molar-refractivity contribution in [3.8, 4) is 0 Å². The summed E-state index contributed by atoms with van der Waals surface area (Å²) in [6, 6.07) is 0. The Labute approximate surface area is 95.8 Å². The van der Waals surface area contributed by atoms with Crippen molar-refractivity contribution in [2.75, 3.05) is 0 Å². The number of hydrogen-bond donors (Lipinski definition) is 2. The minimum absolute atomic E-state index is 0. The van der Waals surface area contributed by atoms with Gasteiger partial charge in [0.1, 0.15) is 0 Å². The van der Waals surface area contributed by atoms with Gasteiger partial charge in [0.05, 0.1) is 0 Å². The third kappa shape index (κ3) is 17.6. The van der Waals surface area contributed by atoms with Crippen LogP contribution >= 0.6 is 0 Å². The molecule has 0 aliphatic carbocycles. The molecule has 0 bridgehead atoms. The third-order valence-corrected chi connectivity index (χ3v) is 0.183. The molecule has 0 aromatic rings. The largest absolute Gasteiger partial charge is 1.00 e. The van der Waals surface area contributed by atoms with Gasteiger partial charge in [-0.2, -0.15) is 0 Å². The van der Waals surface area contributed by atoms with E-state index in [0.717, 1.165) is 0 Å². The molecule has 9 heavy (non-hydrogen) atoms. The molecule has 2 N–H and O–H groups in total. The van der Waals surface area contributed by atoms with Gasteiger partial charge in [0.15, 0.2) is 0 Å². The number of rotatable bonds is 0. The molecule has 52 valence electrons. The Balaban J connectivity index is -0.0000000208. The van der Waals surface area contributed by atoms with E-state index in [1.54, 1.807) is 0 Å². The fourth-order valence-corrected chi connectivity index (χ4v) is 0. The van der Waals surface area contributed by atoms with E-state index >= 15 is 0 Å². The van der Waals surface area contributed by atoms with Gasteiger partial charge in [0.2, 0.25) is 0 Å². The van der Waals surface area contributed by atoms with Gasteiger partial charge >= 0.3 is 41.5 Å². The molecule has 0 rings (SSSR count). The molecule has 0 spiro atoms. The summed E-state index contributed by atoms with van der Waals surface area (Å²) in [6.07, 6.45) is 0. The Morgan fingerprint density at radius 1 is 1.11 bits per heavy atom. The number of hydrogen-bond acceptors (Lipinski definition) is 2. The molecular formula is C2H3CoMnNaO4. The Kier molecular flexibility index (Phi) is 29.3. The van der Waals surface area contributed by atoms with Gasteiger partial charge in [-0.05, 0) is 0 Å². The standard InChI is InChI=1S/C2H2O4.Co.Mn.Na.H/c3-1(4)2(5)6;;;;/h(H,3,4)(H,5,6);;;;/q;;;+1;-1. The maximum absolute atomic E-state index is 9.10. The Hall–Kier alpha value is 0.966. The van der Waals surface area contributed by atoms with E-state index in [9.17, 15) is 0 Å². The van der Waals surface area contributed by atoms with Crippen LogP contribution in [0.2, 0.25) is 0 Å². The van der Waals surface area contributed by atoms with Crippen LogP contribution in [0.3, 0.4) is 0 Å². The van der Waals surface area contributed by atoms with Crippen molar-refractivity contribution in [2.24, 2.45) is 0 Å². The molecule has 0 aromatic carbocycles. The first-order valence-corrected chi connectivity index (χ1v) is 1.11. The number of carboxylic acid groups (broad SMARTS) is 2. The topological polar surface area (TPSA) is 74.6 Å². The SMILES string of the molecule is O=C(O)C(=O)O.[Co].[H-].[Mn].[Na+]. The quantitative estimate of drug-likeness (QED) is 0.330. The average Bonchev–Trinajstić information content (AvgIpc) is 1.36. The molecule has 0 aliphatic heterocycles. The van der Waals surface area contributed by atoms with Gasteiger partial charge in [-0.25, -0.2) is 9.59 Å². The molecule has 7 heteroatoms. The van der Waals surface area contributed by atoms with Crippen molar-refractivity contribution in [3.63, 3.8) is 0 Å². The monoisotopic (exact) mass is 228 g/mol. The summed E-state index contributed by atoms with van der Waals surface area (Å²) in [5.41, 5.74) is 0. The molecule has 0 aromatic heterocycles. The first kappa shape index (κ1) is 22.5. The van der Waals surface area contributed by atoms with Gasteiger partial charge in [-0.1, -0.05) is 0 Å². The second-order valence-corrected chi connectivity index (χ2v) is 0.610. The van der Waals surface area contributed by atoms with E-state index in [4.69, 9.17) is 19.8 Å². The first-order valence-electron chi connectivity index (χ1n) is 1.11. The Morgan fingerprint density at radius 3 is 1.22 bits per heavy atom. The van der Waals surface area contributed by atoms with Crippen LogP contribution in [0.1, 0.15) is 1.43 Å². The van der Waals surface area contributed by atoms with E-state index in [1.165, 1.54) is 0 Å². The van der Waals surface area contributed by atoms with Crippen LogP contribution in [0, 0.1) is 0 Å². The molecule has 0 saturated carbocycles. The van der Waals surface area contributed by atoms with Gasteiger partial charge in [-0.15, -0.1) is 0 Å². The second-order valence-electron chi connectivity index (χ2n) is 0.610. The molecule has 0 atom stereocenters. The summed E-state index contributed by atoms with van der Waals surface area (Å²) < 4.78 is 0. The number of carboxylic acids is 2. The summed E-state index contributed by atoms with van der Waals surface area (Å²) in [5.74, 6) is -3.65. The van der Waals surface area contributed by atoms with E-state index in [2.05, 4.69) is 0 Å². The van der Waals surface area contributed by atoms with Crippen LogP contribution in [0.5, 0.6) is 0 Å². The van der Waals surface area contributed by atoms with Gasteiger partial charge < -0.3 is 11.6 Å². The summed E-state index contributed by atoms with van der Waals surface area (Å²) >= 11 is 0. The van der Waals surface area contributed by atoms with Gasteiger partial charge in [-0.3, -0.25) is 0 Å². The fraction of sp³-hybridized carbons (Fsp3) is 0. The average molecular weight is 228 g/mol. The van der Waals surface area contributed by atoms with E-state index in [1.807, 2.05) is 0 Å². The van der Waals surface area contributed by atoms with Crippen molar-refractivity contribution < 1.29 is 84.6 Å². The minimum Gasteiger partial charge on any atom is -1.00 e. The van der Waals surface area contributed by atoms with Gasteiger partial charge in [0.25, 0.3) is 0 Å². The minimum atomic E-state index is -1.82. The molecular weight excluding hydrogens is 225 g/mol. The first-order chi connectivity index (χ1) is 2.64. The van der Waals surface area contributed by atoms with Crippen LogP contribution in [0.15, 0.2) is 0 Å². The maximum Gasteiger partial charge on any atom is 1.00 e. The zero-order valence-corrected chi connectivity index (χ0v) is 8.64. The molecule has 0 fully saturated rings. The van der Waals surface area contributed by atoms with Crippen molar-refractivity contribution in [2.45, 2.75) is 0 Å². The normalized spacial score (nSPS) is 4.89.